The van der Waals surface area contributed by atoms with Crippen LogP contribution in [0.5, 0.6) is 0 Å². The normalized spacial score (nSPS) is 20.9. The minimum absolute atomic E-state index is 0.213. The number of phosphoric acid groups is 3. The van der Waals surface area contributed by atoms with Crippen LogP contribution in [0.1, 0.15) is 0 Å². The summed E-state index contributed by atoms with van der Waals surface area (Å²) in [4.78, 5) is 60.1. The van der Waals surface area contributed by atoms with E-state index >= 15 is 4.39 Å². The fourth-order valence-corrected chi connectivity index (χ4v) is 5.11. The van der Waals surface area contributed by atoms with E-state index in [0.717, 1.165) is 0 Å². The number of H-pyrrole nitrogens is 1. The van der Waals surface area contributed by atoms with Gasteiger partial charge in [-0.1, -0.05) is 6.58 Å². The molecule has 0 aromatic carbocycles. The van der Waals surface area contributed by atoms with Gasteiger partial charge in [0.1, 0.15) is 6.61 Å². The first-order chi connectivity index (χ1) is 14.3. The highest BCUT2D eigenvalue weighted by molar-refractivity contribution is 7.66. The largest absolute Gasteiger partial charge is 0.490 e. The van der Waals surface area contributed by atoms with Gasteiger partial charge in [-0.05, 0) is 6.08 Å². The van der Waals surface area contributed by atoms with Crippen LogP contribution in [0.2, 0.25) is 0 Å². The van der Waals surface area contributed by atoms with Crippen molar-refractivity contribution in [3.05, 3.63) is 45.8 Å². The molecule has 0 aliphatic carbocycles. The van der Waals surface area contributed by atoms with Gasteiger partial charge in [0, 0.05) is 19.4 Å². The molecule has 32 heavy (non-hydrogen) atoms. The number of rotatable bonds is 12. The van der Waals surface area contributed by atoms with Crippen molar-refractivity contribution >= 4 is 23.5 Å². The Balaban J connectivity index is 3.18. The van der Waals surface area contributed by atoms with Crippen molar-refractivity contribution in [2.75, 3.05) is 13.7 Å². The number of nitrogens with zero attached hydrogens (tertiary/aromatic N) is 1. The number of hydrogen-bond acceptors (Lipinski definition) is 11. The Morgan fingerprint density at radius 3 is 2.22 bits per heavy atom. The summed E-state index contributed by atoms with van der Waals surface area (Å²) in [5, 5.41) is 20.9. The predicted octanol–water partition coefficient (Wildman–Crippen LogP) is -1.62. The SMILES string of the molecule is C=C[C@@](O)([C@H](O)[C@@](F)(COP(=O)(O)OP(=O)(O)OP(=O)(O)O)OC)n1ccc(=O)[nH]c1=O. The molecule has 0 saturated carbocycles. The van der Waals surface area contributed by atoms with E-state index in [4.69, 9.17) is 14.7 Å². The smallest absolute Gasteiger partial charge is 0.382 e. The summed E-state index contributed by atoms with van der Waals surface area (Å²) in [5.74, 6) is -3.68. The van der Waals surface area contributed by atoms with Gasteiger partial charge in [0.2, 0.25) is 0 Å². The molecule has 21 heteroatoms. The Bertz CT molecular complexity index is 1100. The third kappa shape index (κ3) is 7.33. The molecule has 0 fully saturated rings. The van der Waals surface area contributed by atoms with Crippen LogP contribution in [-0.4, -0.2) is 65.0 Å². The lowest BCUT2D eigenvalue weighted by molar-refractivity contribution is -0.264. The molecular formula is C11H18FN2O15P3. The minimum atomic E-state index is -5.92. The number of aromatic amines is 1. The molecule has 0 amide bonds. The molecule has 0 aliphatic heterocycles. The number of ether oxygens (including phenoxy) is 1. The van der Waals surface area contributed by atoms with Crippen LogP contribution in [0.4, 0.5) is 4.39 Å². The zero-order chi connectivity index (χ0) is 25.2. The highest BCUT2D eigenvalue weighted by atomic mass is 31.3. The van der Waals surface area contributed by atoms with Gasteiger partial charge in [0.15, 0.2) is 11.8 Å². The average molecular weight is 530 g/mol. The number of aromatic nitrogens is 2. The lowest BCUT2D eigenvalue weighted by atomic mass is 9.99. The molecule has 184 valence electrons. The van der Waals surface area contributed by atoms with Crippen LogP contribution in [-0.2, 0) is 37.3 Å². The standard InChI is InChI=1S/C11H18FN2O15P3/c1-3-11(18,14-5-4-7(15)13-9(14)17)8(16)10(12,26-2)6-27-31(22,23)29-32(24,25)28-30(19,20)21/h3-5,8,16,18H,1,6H2,2H3,(H,22,23)(H,24,25)(H,13,15,17)(H2,19,20,21)/t8-,10-,11-/m1/s1. The van der Waals surface area contributed by atoms with Gasteiger partial charge >= 0.3 is 29.2 Å². The summed E-state index contributed by atoms with van der Waals surface area (Å²) in [5.41, 5.74) is -5.32. The Hall–Kier alpha value is -1.36. The van der Waals surface area contributed by atoms with Gasteiger partial charge < -0.3 is 34.5 Å². The Kier molecular flexibility index (Phi) is 8.84. The topological polar surface area (TPSA) is 264 Å². The molecule has 0 saturated heterocycles. The molecule has 0 aliphatic rings. The van der Waals surface area contributed by atoms with E-state index in [1.54, 1.807) is 4.98 Å². The number of hydrogen-bond donors (Lipinski definition) is 7. The van der Waals surface area contributed by atoms with Gasteiger partial charge in [-0.15, -0.1) is 0 Å². The van der Waals surface area contributed by atoms with Gasteiger partial charge in [-0.25, -0.2) is 22.9 Å². The molecule has 7 N–H and O–H groups in total. The highest BCUT2D eigenvalue weighted by Crippen LogP contribution is 2.66. The average Bonchev–Trinajstić information content (AvgIpc) is 2.62. The second-order valence-electron chi connectivity index (χ2n) is 5.72. The third-order valence-electron chi connectivity index (χ3n) is 3.50. The van der Waals surface area contributed by atoms with E-state index in [1.807, 2.05) is 0 Å². The first-order valence-corrected chi connectivity index (χ1v) is 12.2. The van der Waals surface area contributed by atoms with Crippen LogP contribution >= 0.6 is 23.5 Å². The molecule has 1 rings (SSSR count). The molecule has 0 bridgehead atoms. The zero-order valence-corrected chi connectivity index (χ0v) is 18.4. The molecule has 2 unspecified atom stereocenters. The Morgan fingerprint density at radius 1 is 1.22 bits per heavy atom. The summed E-state index contributed by atoms with van der Waals surface area (Å²) in [6.07, 6.45) is -1.80. The Morgan fingerprint density at radius 2 is 1.78 bits per heavy atom. The maximum Gasteiger partial charge on any atom is 0.490 e. The zero-order valence-electron chi connectivity index (χ0n) is 15.7. The number of methoxy groups -OCH3 is 1. The van der Waals surface area contributed by atoms with Crippen molar-refractivity contribution in [1.82, 2.24) is 9.55 Å². The number of aliphatic hydroxyl groups is 2. The van der Waals surface area contributed by atoms with E-state index in [0.29, 0.717) is 25.4 Å². The first-order valence-electron chi connectivity index (χ1n) is 7.70. The lowest BCUT2D eigenvalue weighted by Gasteiger charge is -2.38. The van der Waals surface area contributed by atoms with Gasteiger partial charge in [0.05, 0.1) is 0 Å². The van der Waals surface area contributed by atoms with Gasteiger partial charge in [-0.3, -0.25) is 18.9 Å². The summed E-state index contributed by atoms with van der Waals surface area (Å²) >= 11 is 0. The van der Waals surface area contributed by atoms with Crippen molar-refractivity contribution in [3.8, 4) is 0 Å². The maximum absolute atomic E-state index is 15.2. The lowest BCUT2D eigenvalue weighted by Crippen LogP contribution is -2.60. The second kappa shape index (κ2) is 9.87. The minimum Gasteiger partial charge on any atom is -0.382 e. The fourth-order valence-electron chi connectivity index (χ4n) is 2.08. The van der Waals surface area contributed by atoms with Crippen LogP contribution < -0.4 is 11.2 Å². The van der Waals surface area contributed by atoms with E-state index in [9.17, 15) is 38.4 Å². The second-order valence-corrected chi connectivity index (χ2v) is 10.1. The summed E-state index contributed by atoms with van der Waals surface area (Å²) in [6.45, 7) is 1.27. The number of aliphatic hydroxyl groups excluding tert-OH is 1. The van der Waals surface area contributed by atoms with Crippen LogP contribution in [0.15, 0.2) is 34.5 Å². The Labute approximate surface area is 176 Å². The van der Waals surface area contributed by atoms with E-state index < -0.39 is 59.0 Å². The van der Waals surface area contributed by atoms with E-state index in [-0.39, 0.29) is 4.57 Å². The molecule has 5 atom stereocenters. The third-order valence-corrected chi connectivity index (χ3v) is 7.28. The first kappa shape index (κ1) is 28.7. The number of halogens is 1. The maximum atomic E-state index is 15.2. The number of phosphoric ester groups is 1. The van der Waals surface area contributed by atoms with Crippen molar-refractivity contribution in [3.63, 3.8) is 0 Å². The quantitative estimate of drug-likeness (QED) is 0.118. The highest BCUT2D eigenvalue weighted by Gasteiger charge is 2.53. The molecule has 0 spiro atoms. The van der Waals surface area contributed by atoms with Crippen molar-refractivity contribution in [1.29, 1.82) is 0 Å². The summed E-state index contributed by atoms with van der Waals surface area (Å²) in [6, 6.07) is 0.710. The van der Waals surface area contributed by atoms with Crippen LogP contribution in [0.25, 0.3) is 0 Å². The number of alkyl halides is 1. The summed E-state index contributed by atoms with van der Waals surface area (Å²) in [7, 11) is -16.9. The van der Waals surface area contributed by atoms with Crippen LogP contribution in [0, 0.1) is 0 Å². The van der Waals surface area contributed by atoms with Crippen molar-refractivity contribution < 1.29 is 65.8 Å². The van der Waals surface area contributed by atoms with Crippen LogP contribution in [0.3, 0.4) is 0 Å². The molecular weight excluding hydrogens is 512 g/mol. The van der Waals surface area contributed by atoms with E-state index in [2.05, 4.69) is 24.5 Å². The monoisotopic (exact) mass is 530 g/mol. The fraction of sp³-hybridized carbons (Fsp3) is 0.455. The molecule has 1 aromatic rings. The predicted molar refractivity (Wildman–Crippen MR) is 98.4 cm³/mol. The number of nitrogens with one attached hydrogen (secondary N) is 1. The van der Waals surface area contributed by atoms with Crippen molar-refractivity contribution in [2.45, 2.75) is 17.7 Å². The molecule has 1 heterocycles. The van der Waals surface area contributed by atoms with Gasteiger partial charge in [0.25, 0.3) is 11.4 Å². The van der Waals surface area contributed by atoms with Gasteiger partial charge in [-0.2, -0.15) is 8.62 Å². The van der Waals surface area contributed by atoms with Crippen molar-refractivity contribution in [2.24, 2.45) is 0 Å². The molecule has 17 nitrogen and oxygen atoms in total. The molecule has 0 radical (unpaired) electrons. The molecule has 1 aromatic heterocycles. The summed E-state index contributed by atoms with van der Waals surface area (Å²) < 4.78 is 64.2. The van der Waals surface area contributed by atoms with E-state index in [1.165, 1.54) is 0 Å².